The summed E-state index contributed by atoms with van der Waals surface area (Å²) >= 11 is 0. The Hall–Kier alpha value is -1.89. The molecule has 180 valence electrons. The molecule has 31 heavy (non-hydrogen) atoms. The minimum atomic E-state index is -1.03. The summed E-state index contributed by atoms with van der Waals surface area (Å²) in [5.41, 5.74) is 0. The zero-order valence-electron chi connectivity index (χ0n) is 19.2. The van der Waals surface area contributed by atoms with Crippen LogP contribution in [0.5, 0.6) is 0 Å². The summed E-state index contributed by atoms with van der Waals surface area (Å²) in [6.45, 7) is 7.31. The number of carbonyl (C=O) groups excluding carboxylic acids is 1. The highest BCUT2D eigenvalue weighted by Gasteiger charge is 2.26. The Balaban J connectivity index is 4.86. The maximum atomic E-state index is 10.9. The van der Waals surface area contributed by atoms with Gasteiger partial charge in [-0.3, -0.25) is 9.59 Å². The molecule has 7 nitrogen and oxygen atoms in total. The summed E-state index contributed by atoms with van der Waals surface area (Å²) in [5.74, 6) is -2.60. The van der Waals surface area contributed by atoms with E-state index in [4.69, 9.17) is 10.2 Å². The van der Waals surface area contributed by atoms with Crippen molar-refractivity contribution < 1.29 is 34.2 Å². The monoisotopic (exact) mass is 441 g/mol. The van der Waals surface area contributed by atoms with Crippen LogP contribution < -0.4 is 5.11 Å². The van der Waals surface area contributed by atoms with Crippen LogP contribution in [0.15, 0.2) is 12.7 Å². The van der Waals surface area contributed by atoms with Gasteiger partial charge >= 0.3 is 11.9 Å². The van der Waals surface area contributed by atoms with Gasteiger partial charge in [-0.15, -0.1) is 6.58 Å². The first-order chi connectivity index (χ1) is 14.8. The number of quaternary nitrogens is 1. The van der Waals surface area contributed by atoms with Crippen LogP contribution in [0.1, 0.15) is 96.3 Å². The SMILES string of the molecule is C=CCCCCCCC[N+](CCCCC(=O)[O-])(CCCCC(=O)O)CCCCC(=O)O. The molecule has 0 heterocycles. The average molecular weight is 442 g/mol. The molecule has 0 saturated carbocycles. The summed E-state index contributed by atoms with van der Waals surface area (Å²) in [7, 11) is 0. The second-order valence-corrected chi connectivity index (χ2v) is 8.61. The number of aliphatic carboxylic acids is 3. The number of carboxylic acids is 3. The lowest BCUT2D eigenvalue weighted by Crippen LogP contribution is -2.51. The van der Waals surface area contributed by atoms with Crippen molar-refractivity contribution in [3.8, 4) is 0 Å². The summed E-state index contributed by atoms with van der Waals surface area (Å²) in [5, 5.41) is 28.6. The number of unbranched alkanes of at least 4 members (excludes halogenated alkanes) is 8. The van der Waals surface area contributed by atoms with E-state index in [1.807, 2.05) is 6.08 Å². The third kappa shape index (κ3) is 18.6. The van der Waals surface area contributed by atoms with Crippen LogP contribution >= 0.6 is 0 Å². The third-order valence-corrected chi connectivity index (χ3v) is 5.85. The first-order valence-corrected chi connectivity index (χ1v) is 11.9. The Labute approximate surface area is 187 Å². The molecule has 0 unspecified atom stereocenters. The molecule has 0 amide bonds. The highest BCUT2D eigenvalue weighted by molar-refractivity contribution is 5.66. The molecule has 0 bridgehead atoms. The van der Waals surface area contributed by atoms with Gasteiger partial charge in [0.1, 0.15) is 0 Å². The summed E-state index contributed by atoms with van der Waals surface area (Å²) in [6, 6.07) is 0. The largest absolute Gasteiger partial charge is 0.550 e. The molecule has 2 N–H and O–H groups in total. The Bertz CT molecular complexity index is 465. The van der Waals surface area contributed by atoms with Gasteiger partial charge in [0.15, 0.2) is 0 Å². The fourth-order valence-corrected chi connectivity index (χ4v) is 4.10. The van der Waals surface area contributed by atoms with Crippen molar-refractivity contribution in [2.24, 2.45) is 0 Å². The normalized spacial score (nSPS) is 11.4. The van der Waals surface area contributed by atoms with Crippen LogP contribution in [0.2, 0.25) is 0 Å². The van der Waals surface area contributed by atoms with E-state index in [-0.39, 0.29) is 19.3 Å². The lowest BCUT2D eigenvalue weighted by Gasteiger charge is -2.39. The van der Waals surface area contributed by atoms with Gasteiger partial charge in [-0.05, 0) is 70.6 Å². The van der Waals surface area contributed by atoms with Gasteiger partial charge < -0.3 is 24.6 Å². The Morgan fingerprint density at radius 2 is 1.03 bits per heavy atom. The minimum absolute atomic E-state index is 0.0569. The van der Waals surface area contributed by atoms with Crippen LogP contribution in [0, 0.1) is 0 Å². The van der Waals surface area contributed by atoms with Crippen LogP contribution in [-0.4, -0.2) is 58.8 Å². The second kappa shape index (κ2) is 18.8. The number of carboxylic acid groups (broad SMARTS) is 3. The fraction of sp³-hybridized carbons (Fsp3) is 0.792. The van der Waals surface area contributed by atoms with E-state index >= 15 is 0 Å². The van der Waals surface area contributed by atoms with E-state index < -0.39 is 17.9 Å². The molecule has 0 aromatic rings. The molecule has 0 rings (SSSR count). The number of nitrogens with zero attached hydrogens (tertiary/aromatic N) is 1. The first-order valence-electron chi connectivity index (χ1n) is 11.9. The standard InChI is InChI=1S/C24H43NO6/c1-2-3-4-5-6-7-11-18-25(19-12-8-15-22(26)27,20-13-9-16-23(28)29)21-14-10-17-24(30)31/h2H,1,3-21H2,(H2-,26,27,28,29,30,31). The molecule has 0 spiro atoms. The molecule has 7 heteroatoms. The Morgan fingerprint density at radius 3 is 1.45 bits per heavy atom. The molecule has 0 aromatic heterocycles. The van der Waals surface area contributed by atoms with Crippen molar-refractivity contribution in [1.82, 2.24) is 0 Å². The first kappa shape index (κ1) is 29.1. The van der Waals surface area contributed by atoms with Crippen LogP contribution in [-0.2, 0) is 14.4 Å². The molecule has 0 fully saturated rings. The zero-order chi connectivity index (χ0) is 23.4. The molecule has 0 aromatic carbocycles. The molecule has 0 aliphatic carbocycles. The van der Waals surface area contributed by atoms with Crippen LogP contribution in [0.3, 0.4) is 0 Å². The van der Waals surface area contributed by atoms with Gasteiger partial charge in [0.2, 0.25) is 0 Å². The molecule has 0 aliphatic heterocycles. The van der Waals surface area contributed by atoms with Crippen molar-refractivity contribution in [1.29, 1.82) is 0 Å². The molecule has 0 atom stereocenters. The molecular weight excluding hydrogens is 398 g/mol. The highest BCUT2D eigenvalue weighted by Crippen LogP contribution is 2.19. The van der Waals surface area contributed by atoms with Crippen molar-refractivity contribution in [2.45, 2.75) is 96.3 Å². The second-order valence-electron chi connectivity index (χ2n) is 8.61. The van der Waals surface area contributed by atoms with Gasteiger partial charge in [-0.25, -0.2) is 0 Å². The van der Waals surface area contributed by atoms with E-state index in [0.29, 0.717) is 19.3 Å². The van der Waals surface area contributed by atoms with E-state index in [1.54, 1.807) is 0 Å². The molecule has 0 saturated heterocycles. The summed E-state index contributed by atoms with van der Waals surface area (Å²) in [4.78, 5) is 32.5. The summed E-state index contributed by atoms with van der Waals surface area (Å²) in [6.07, 6.45) is 13.4. The molecule has 0 aliphatic rings. The fourth-order valence-electron chi connectivity index (χ4n) is 4.10. The van der Waals surface area contributed by atoms with E-state index in [2.05, 4.69) is 6.58 Å². The van der Waals surface area contributed by atoms with Gasteiger partial charge in [0.25, 0.3) is 0 Å². The quantitative estimate of drug-likeness (QED) is 0.142. The lowest BCUT2D eigenvalue weighted by atomic mass is 10.1. The third-order valence-electron chi connectivity index (χ3n) is 5.85. The lowest BCUT2D eigenvalue weighted by molar-refractivity contribution is -0.929. The van der Waals surface area contributed by atoms with E-state index in [0.717, 1.165) is 75.6 Å². The Morgan fingerprint density at radius 1 is 0.645 bits per heavy atom. The average Bonchev–Trinajstić information content (AvgIpc) is 2.70. The predicted molar refractivity (Wildman–Crippen MR) is 119 cm³/mol. The van der Waals surface area contributed by atoms with Crippen molar-refractivity contribution in [2.75, 3.05) is 26.2 Å². The maximum Gasteiger partial charge on any atom is 0.303 e. The topological polar surface area (TPSA) is 115 Å². The van der Waals surface area contributed by atoms with E-state index in [1.165, 1.54) is 12.8 Å². The van der Waals surface area contributed by atoms with Crippen LogP contribution in [0.25, 0.3) is 0 Å². The van der Waals surface area contributed by atoms with Gasteiger partial charge in [0.05, 0.1) is 26.2 Å². The zero-order valence-corrected chi connectivity index (χ0v) is 19.2. The highest BCUT2D eigenvalue weighted by atomic mass is 16.4. The number of allylic oxidation sites excluding steroid dienone is 1. The van der Waals surface area contributed by atoms with Gasteiger partial charge in [-0.2, -0.15) is 0 Å². The van der Waals surface area contributed by atoms with Crippen molar-refractivity contribution in [3.05, 3.63) is 12.7 Å². The number of rotatable bonds is 23. The smallest absolute Gasteiger partial charge is 0.303 e. The van der Waals surface area contributed by atoms with Crippen molar-refractivity contribution >= 4 is 17.9 Å². The van der Waals surface area contributed by atoms with E-state index in [9.17, 15) is 19.5 Å². The summed E-state index contributed by atoms with van der Waals surface area (Å²) < 4.78 is 0.832. The van der Waals surface area contributed by atoms with Crippen molar-refractivity contribution in [3.63, 3.8) is 0 Å². The maximum absolute atomic E-state index is 10.9. The number of hydrogen-bond acceptors (Lipinski definition) is 4. The van der Waals surface area contributed by atoms with Crippen LogP contribution in [0.4, 0.5) is 0 Å². The predicted octanol–water partition coefficient (Wildman–Crippen LogP) is 3.76. The van der Waals surface area contributed by atoms with Gasteiger partial charge in [0, 0.05) is 18.8 Å². The molecular formula is C24H43NO6. The molecule has 0 radical (unpaired) electrons. The Kier molecular flexibility index (Phi) is 17.7. The number of hydrogen-bond donors (Lipinski definition) is 2. The van der Waals surface area contributed by atoms with Gasteiger partial charge in [-0.1, -0.05) is 18.9 Å². The minimum Gasteiger partial charge on any atom is -0.550 e. The number of carbonyl (C=O) groups is 3.